The number of aldehydes is 1. The first kappa shape index (κ1) is 34.0. The Kier molecular flexibility index (Phi) is 9.65. The van der Waals surface area contributed by atoms with Gasteiger partial charge in [-0.05, 0) is 82.5 Å². The zero-order valence-electron chi connectivity index (χ0n) is 26.9. The predicted molar refractivity (Wildman–Crippen MR) is 189 cm³/mol. The highest BCUT2D eigenvalue weighted by molar-refractivity contribution is 9.10. The number of carbonyl (C=O) groups is 3. The summed E-state index contributed by atoms with van der Waals surface area (Å²) < 4.78 is 7.62. The fourth-order valence-corrected chi connectivity index (χ4v) is 6.43. The van der Waals surface area contributed by atoms with Crippen LogP contribution in [0.5, 0.6) is 0 Å². The average Bonchev–Trinajstić information content (AvgIpc) is 3.09. The fourth-order valence-electron chi connectivity index (χ4n) is 5.75. The van der Waals surface area contributed by atoms with Gasteiger partial charge in [0, 0.05) is 42.4 Å². The molecule has 2 aromatic carbocycles. The van der Waals surface area contributed by atoms with Crippen LogP contribution in [0.2, 0.25) is 5.15 Å². The topological polar surface area (TPSA) is 131 Å². The van der Waals surface area contributed by atoms with Crippen LogP contribution in [0.25, 0.3) is 4.85 Å². The van der Waals surface area contributed by atoms with E-state index in [1.807, 2.05) is 38.1 Å². The first-order chi connectivity index (χ1) is 23.4. The molecule has 1 unspecified atom stereocenters. The quantitative estimate of drug-likeness (QED) is 0.258. The van der Waals surface area contributed by atoms with Gasteiger partial charge in [-0.3, -0.25) is 19.2 Å². The maximum absolute atomic E-state index is 13.5. The number of hydrogen-bond acceptors (Lipinski definition) is 8. The van der Waals surface area contributed by atoms with Crippen molar-refractivity contribution in [3.8, 4) is 6.07 Å². The summed E-state index contributed by atoms with van der Waals surface area (Å²) in [4.78, 5) is 63.1. The van der Waals surface area contributed by atoms with Crippen LogP contribution in [0.4, 0.5) is 17.2 Å². The van der Waals surface area contributed by atoms with E-state index < -0.39 is 11.6 Å². The molecule has 1 atom stereocenters. The van der Waals surface area contributed by atoms with Gasteiger partial charge in [0.05, 0.1) is 23.4 Å². The van der Waals surface area contributed by atoms with Crippen LogP contribution in [-0.2, 0) is 23.6 Å². The van der Waals surface area contributed by atoms with E-state index in [1.165, 1.54) is 19.3 Å². The van der Waals surface area contributed by atoms with Crippen LogP contribution < -0.4 is 15.8 Å². The number of amides is 2. The average molecular weight is 746 g/mol. The Morgan fingerprint density at radius 2 is 1.98 bits per heavy atom. The maximum atomic E-state index is 13.5. The van der Waals surface area contributed by atoms with Gasteiger partial charge in [0.2, 0.25) is 0 Å². The van der Waals surface area contributed by atoms with Gasteiger partial charge < -0.3 is 19.9 Å². The summed E-state index contributed by atoms with van der Waals surface area (Å²) in [5.74, 6) is -0.00545. The van der Waals surface area contributed by atoms with E-state index in [2.05, 4.69) is 42.2 Å². The molecule has 1 fully saturated rings. The summed E-state index contributed by atoms with van der Waals surface area (Å²) in [7, 11) is 1.50. The smallest absolute Gasteiger partial charge is 0.336 e. The van der Waals surface area contributed by atoms with Gasteiger partial charge in [0.15, 0.2) is 11.4 Å². The van der Waals surface area contributed by atoms with Gasteiger partial charge in [-0.1, -0.05) is 29.8 Å². The molecule has 6 rings (SSSR count). The van der Waals surface area contributed by atoms with Crippen molar-refractivity contribution < 1.29 is 19.1 Å². The van der Waals surface area contributed by atoms with Crippen molar-refractivity contribution >= 4 is 62.8 Å². The van der Waals surface area contributed by atoms with E-state index >= 15 is 0 Å². The molecule has 0 bridgehead atoms. The zero-order chi connectivity index (χ0) is 34.9. The van der Waals surface area contributed by atoms with Gasteiger partial charge in [-0.25, -0.2) is 9.67 Å². The number of pyridine rings is 1. The number of hydrogen-bond donors (Lipinski definition) is 1. The third-order valence-electron chi connectivity index (χ3n) is 8.48. The second kappa shape index (κ2) is 13.9. The number of aryl methyl sites for hydroxylation is 1. The van der Waals surface area contributed by atoms with Crippen LogP contribution >= 0.6 is 27.5 Å². The van der Waals surface area contributed by atoms with Crippen LogP contribution in [0.1, 0.15) is 56.0 Å². The van der Waals surface area contributed by atoms with Gasteiger partial charge in [0.1, 0.15) is 23.5 Å². The zero-order valence-corrected chi connectivity index (χ0v) is 29.3. The molecule has 4 aromatic rings. The van der Waals surface area contributed by atoms with Gasteiger partial charge >= 0.3 is 6.23 Å². The van der Waals surface area contributed by atoms with Gasteiger partial charge in [-0.15, -0.1) is 0 Å². The van der Waals surface area contributed by atoms with E-state index in [0.29, 0.717) is 58.8 Å². The van der Waals surface area contributed by atoms with Crippen molar-refractivity contribution in [2.75, 3.05) is 36.5 Å². The maximum Gasteiger partial charge on any atom is 0.394 e. The molecule has 250 valence electrons. The molecule has 0 spiro atoms. The van der Waals surface area contributed by atoms with Crippen molar-refractivity contribution in [1.29, 1.82) is 0 Å². The number of fused-ring (bicyclic) bond motifs is 1. The first-order valence-corrected chi connectivity index (χ1v) is 16.7. The molecule has 12 nitrogen and oxygen atoms in total. The molecule has 0 saturated carbocycles. The highest BCUT2D eigenvalue weighted by Crippen LogP contribution is 2.33. The number of benzene rings is 2. The number of halogens is 2. The van der Waals surface area contributed by atoms with Gasteiger partial charge in [-0.2, -0.15) is 5.10 Å². The third-order valence-corrected chi connectivity index (χ3v) is 9.35. The van der Waals surface area contributed by atoms with Crippen LogP contribution in [0.15, 0.2) is 70.1 Å². The lowest BCUT2D eigenvalue weighted by atomic mass is 9.83. The Hall–Kier alpha value is -4.90. The van der Waals surface area contributed by atoms with Crippen molar-refractivity contribution in [2.24, 2.45) is 7.05 Å². The standard InChI is InChI=1S/C35H31BrClN7O5/c1-35(2,23-8-9-24-21(15-23)11-12-44(33(24)47)28-6-4-5-26(36)25(28)19-45)20-39-31-18-43(13-14-49-31)32(46)22-7-10-30(38-17-22)40-27-16-29(37)41-42(3)34(27)48/h4-10,15-17,19,31H,11-14,18H2,1-3H3/p+1. The normalized spacial score (nSPS) is 16.0. The van der Waals surface area contributed by atoms with Crippen molar-refractivity contribution in [3.05, 3.63) is 113 Å². The number of anilines is 3. The number of carbonyl (C=O) groups excluding carboxylic acids is 3. The SMILES string of the molecule is Cn1nc(Cl)cc(Nc2ccc(C(=O)N3CCOC([N+]#CC(C)(C)c4ccc5c(c4)CCN(c4cccc(Br)c4C=O)C5=O)C3)cn2)c1=O. The summed E-state index contributed by atoms with van der Waals surface area (Å²) in [6.07, 6.45) is 2.22. The van der Waals surface area contributed by atoms with Crippen LogP contribution in [0.3, 0.4) is 0 Å². The molecule has 1 saturated heterocycles. The highest BCUT2D eigenvalue weighted by atomic mass is 79.9. The Morgan fingerprint density at radius 3 is 2.73 bits per heavy atom. The molecule has 2 amide bonds. The van der Waals surface area contributed by atoms with Crippen LogP contribution in [0, 0.1) is 6.07 Å². The second-order valence-electron chi connectivity index (χ2n) is 12.2. The lowest BCUT2D eigenvalue weighted by molar-refractivity contribution is -0.000807. The fraction of sp³-hybridized carbons (Fsp3) is 0.286. The van der Waals surface area contributed by atoms with E-state index in [-0.39, 0.29) is 34.8 Å². The monoisotopic (exact) mass is 744 g/mol. The minimum Gasteiger partial charge on any atom is -0.336 e. The molecule has 4 heterocycles. The predicted octanol–water partition coefficient (Wildman–Crippen LogP) is 5.46. The lowest BCUT2D eigenvalue weighted by Crippen LogP contribution is -2.44. The molecule has 14 heteroatoms. The van der Waals surface area contributed by atoms with E-state index in [9.17, 15) is 19.2 Å². The van der Waals surface area contributed by atoms with E-state index in [0.717, 1.165) is 22.1 Å². The van der Waals surface area contributed by atoms with Crippen LogP contribution in [-0.4, -0.2) is 70.2 Å². The number of nitrogens with one attached hydrogen (secondary N) is 1. The minimum atomic E-state index is -0.618. The summed E-state index contributed by atoms with van der Waals surface area (Å²) >= 11 is 9.38. The molecular weight excluding hydrogens is 714 g/mol. The highest BCUT2D eigenvalue weighted by Gasteiger charge is 2.34. The summed E-state index contributed by atoms with van der Waals surface area (Å²) in [5.41, 5.74) is 3.07. The molecule has 2 aliphatic rings. The Balaban J connectivity index is 1.12. The Bertz CT molecular complexity index is 2090. The molecule has 0 radical (unpaired) electrons. The molecule has 0 aliphatic carbocycles. The largest absolute Gasteiger partial charge is 0.394 e. The molecule has 1 N–H and O–H groups in total. The molecular formula is C35H32BrClN7O5+. The number of morpholine rings is 1. The number of rotatable bonds is 6. The Labute approximate surface area is 295 Å². The summed E-state index contributed by atoms with van der Waals surface area (Å²) in [6.45, 7) is 5.34. The Morgan fingerprint density at radius 1 is 1.16 bits per heavy atom. The molecule has 2 aromatic heterocycles. The second-order valence-corrected chi connectivity index (χ2v) is 13.4. The number of nitrogens with zero attached hydrogens (tertiary/aromatic N) is 6. The van der Waals surface area contributed by atoms with E-state index in [1.54, 1.807) is 34.1 Å². The van der Waals surface area contributed by atoms with Crippen molar-refractivity contribution in [3.63, 3.8) is 0 Å². The first-order valence-electron chi connectivity index (χ1n) is 15.5. The molecule has 49 heavy (non-hydrogen) atoms. The minimum absolute atomic E-state index is 0.154. The van der Waals surface area contributed by atoms with E-state index in [4.69, 9.17) is 16.3 Å². The van der Waals surface area contributed by atoms with Crippen molar-refractivity contribution in [1.82, 2.24) is 19.7 Å². The third kappa shape index (κ3) is 7.12. The van der Waals surface area contributed by atoms with Gasteiger partial charge in [0.25, 0.3) is 23.4 Å². The summed E-state index contributed by atoms with van der Waals surface area (Å²) in [6, 6.07) is 19.0. The number of ether oxygens (including phenoxy) is 1. The summed E-state index contributed by atoms with van der Waals surface area (Å²) in [5, 5.41) is 6.93. The molecule has 2 aliphatic heterocycles. The lowest BCUT2D eigenvalue weighted by Gasteiger charge is -2.30. The number of aromatic nitrogens is 3. The van der Waals surface area contributed by atoms with Crippen molar-refractivity contribution in [2.45, 2.75) is 31.9 Å².